The van der Waals surface area contributed by atoms with Gasteiger partial charge in [-0.05, 0) is 24.5 Å². The van der Waals surface area contributed by atoms with Crippen LogP contribution in [0.25, 0.3) is 0 Å². The molecule has 0 bridgehead atoms. The number of oxime groups is 1. The Bertz CT molecular complexity index is 1460. The van der Waals surface area contributed by atoms with Crippen molar-refractivity contribution in [1.82, 2.24) is 20.1 Å². The number of nitrogens with zero attached hydrogens (tertiary/aromatic N) is 4. The first-order chi connectivity index (χ1) is 20.4. The van der Waals surface area contributed by atoms with Crippen LogP contribution in [0.3, 0.4) is 0 Å². The molecule has 0 radical (unpaired) electrons. The highest BCUT2D eigenvalue weighted by atomic mass is 32.2. The van der Waals surface area contributed by atoms with Gasteiger partial charge in [0.05, 0.1) is 0 Å². The number of hydrogen-bond donors (Lipinski definition) is 5. The highest BCUT2D eigenvalue weighted by molar-refractivity contribution is 8.00. The van der Waals surface area contributed by atoms with Gasteiger partial charge in [-0.1, -0.05) is 5.16 Å². The second-order valence-electron chi connectivity index (χ2n) is 8.98. The molecule has 240 valence electrons. The fourth-order valence-electron chi connectivity index (χ4n) is 4.16. The van der Waals surface area contributed by atoms with Crippen LogP contribution in [0.1, 0.15) is 18.5 Å². The molecule has 1 aromatic rings. The minimum Gasteiger partial charge on any atom is -0.477 e. The quantitative estimate of drug-likeness (QED) is 0.0726. The SMILES string of the molecule is Nc1nc(/C(=N/O)C(=O)N[C@@H]2C(=O)N3C(C(=O)O)=C(/C=C4\CCCN(CC(F)(F)F)C4=O)CS[C@H]23)cs1.O=C(O)C(F)(F)F. The molecule has 3 aliphatic rings. The van der Waals surface area contributed by atoms with Gasteiger partial charge >= 0.3 is 24.3 Å². The first-order valence-corrected chi connectivity index (χ1v) is 13.8. The number of carboxylic acids is 2. The van der Waals surface area contributed by atoms with Crippen molar-refractivity contribution in [2.24, 2.45) is 5.16 Å². The van der Waals surface area contributed by atoms with Crippen LogP contribution >= 0.6 is 23.1 Å². The number of likely N-dealkylation sites (tertiary alicyclic amines) is 1. The van der Waals surface area contributed by atoms with Crippen LogP contribution in [-0.2, 0) is 24.0 Å². The van der Waals surface area contributed by atoms with Crippen molar-refractivity contribution in [3.05, 3.63) is 34.0 Å². The molecule has 3 aliphatic heterocycles. The molecule has 44 heavy (non-hydrogen) atoms. The zero-order chi connectivity index (χ0) is 33.1. The van der Waals surface area contributed by atoms with Gasteiger partial charge in [0.1, 0.15) is 29.4 Å². The maximum atomic E-state index is 12.9. The molecule has 1 aromatic heterocycles. The number of nitrogen functional groups attached to an aromatic ring is 1. The number of thiazole rings is 1. The molecule has 2 atom stereocenters. The number of aliphatic carboxylic acids is 2. The standard InChI is InChI=1S/C20H19F3N6O6S2.C2HF3O2/c21-20(22,23)7-28-3-1-2-8(15(28)31)4-9-5-36-17-12(16(32)29(17)13(9)18(33)34)26-14(30)11(27-35)10-6-37-19(24)25-10;3-2(4,5)1(6)7/h4,6,12,17,35H,1-3,5,7H2,(H2,24,25)(H,26,30)(H,33,34);(H,6,7)/b8-4+,27-11-;/t12-,17-;/m1./s1. The minimum atomic E-state index is -5.08. The van der Waals surface area contributed by atoms with Gasteiger partial charge in [0.2, 0.25) is 5.91 Å². The fourth-order valence-corrected chi connectivity index (χ4v) is 6.01. The Kier molecular flexibility index (Phi) is 10.2. The van der Waals surface area contributed by atoms with E-state index < -0.39 is 71.4 Å². The summed E-state index contributed by atoms with van der Waals surface area (Å²) in [7, 11) is 0. The number of hydrogen-bond acceptors (Lipinski definition) is 11. The van der Waals surface area contributed by atoms with Crippen LogP contribution in [0.2, 0.25) is 0 Å². The van der Waals surface area contributed by atoms with E-state index in [1.165, 1.54) is 11.5 Å². The first-order valence-electron chi connectivity index (χ1n) is 11.9. The Hall–Kier alpha value is -4.34. The molecule has 0 aliphatic carbocycles. The number of carboxylic acid groups (broad SMARTS) is 2. The van der Waals surface area contributed by atoms with E-state index in [9.17, 15) is 55.8 Å². The van der Waals surface area contributed by atoms with Gasteiger partial charge < -0.3 is 31.4 Å². The van der Waals surface area contributed by atoms with E-state index in [-0.39, 0.29) is 47.1 Å². The van der Waals surface area contributed by atoms with Crippen LogP contribution in [0.15, 0.2) is 33.5 Å². The van der Waals surface area contributed by atoms with E-state index >= 15 is 0 Å². The van der Waals surface area contributed by atoms with Gasteiger partial charge in [-0.3, -0.25) is 19.3 Å². The van der Waals surface area contributed by atoms with Crippen molar-refractivity contribution in [2.75, 3.05) is 24.6 Å². The topological polar surface area (TPSA) is 216 Å². The molecule has 4 rings (SSSR count). The van der Waals surface area contributed by atoms with Crippen molar-refractivity contribution in [3.63, 3.8) is 0 Å². The monoisotopic (exact) mass is 674 g/mol. The summed E-state index contributed by atoms with van der Waals surface area (Å²) < 4.78 is 70.1. The maximum absolute atomic E-state index is 12.9. The molecule has 2 saturated heterocycles. The minimum absolute atomic E-state index is 0.0147. The second-order valence-corrected chi connectivity index (χ2v) is 11.0. The largest absolute Gasteiger partial charge is 0.490 e. The normalized spacial score (nSPS) is 21.8. The third-order valence-corrected chi connectivity index (χ3v) is 7.94. The number of nitrogens with two attached hydrogens (primary N) is 1. The molecule has 0 spiro atoms. The van der Waals surface area contributed by atoms with Gasteiger partial charge in [-0.15, -0.1) is 23.1 Å². The summed E-state index contributed by atoms with van der Waals surface area (Å²) >= 11 is 2.10. The molecule has 4 heterocycles. The number of anilines is 1. The molecule has 0 saturated carbocycles. The van der Waals surface area contributed by atoms with Crippen LogP contribution in [0.4, 0.5) is 31.5 Å². The van der Waals surface area contributed by atoms with Crippen LogP contribution in [0, 0.1) is 0 Å². The van der Waals surface area contributed by atoms with Gasteiger partial charge in [0.15, 0.2) is 10.8 Å². The summed E-state index contributed by atoms with van der Waals surface area (Å²) in [5.74, 6) is -6.75. The number of carbonyl (C=O) groups is 5. The zero-order valence-corrected chi connectivity index (χ0v) is 23.3. The van der Waals surface area contributed by atoms with Crippen molar-refractivity contribution < 1.29 is 65.7 Å². The van der Waals surface area contributed by atoms with Crippen molar-refractivity contribution >= 4 is 63.6 Å². The third kappa shape index (κ3) is 7.78. The number of fused-ring (bicyclic) bond motifs is 1. The van der Waals surface area contributed by atoms with E-state index in [1.807, 2.05) is 0 Å². The van der Waals surface area contributed by atoms with Crippen LogP contribution in [-0.4, -0.2) is 108 Å². The molecule has 0 unspecified atom stereocenters. The summed E-state index contributed by atoms with van der Waals surface area (Å²) in [5.41, 5.74) is 4.72. The lowest BCUT2D eigenvalue weighted by molar-refractivity contribution is -0.192. The number of amides is 3. The highest BCUT2D eigenvalue weighted by Gasteiger charge is 2.54. The lowest BCUT2D eigenvalue weighted by Crippen LogP contribution is -2.71. The Morgan fingerprint density at radius 3 is 2.32 bits per heavy atom. The Morgan fingerprint density at radius 2 is 1.82 bits per heavy atom. The lowest BCUT2D eigenvalue weighted by Gasteiger charge is -2.49. The average Bonchev–Trinajstić information content (AvgIpc) is 3.34. The number of halogens is 6. The van der Waals surface area contributed by atoms with E-state index in [0.717, 1.165) is 28.0 Å². The molecule has 0 aromatic carbocycles. The molecule has 3 amide bonds. The van der Waals surface area contributed by atoms with Gasteiger partial charge in [0, 0.05) is 23.3 Å². The second kappa shape index (κ2) is 13.1. The fraction of sp³-hybridized carbons (Fsp3) is 0.409. The number of piperidine rings is 1. The van der Waals surface area contributed by atoms with Crippen LogP contribution < -0.4 is 11.1 Å². The van der Waals surface area contributed by atoms with Gasteiger partial charge in [-0.2, -0.15) is 26.3 Å². The number of aromatic nitrogens is 1. The number of rotatable bonds is 6. The van der Waals surface area contributed by atoms with E-state index in [0.29, 0.717) is 4.90 Å². The van der Waals surface area contributed by atoms with Crippen molar-refractivity contribution in [3.8, 4) is 0 Å². The summed E-state index contributed by atoms with van der Waals surface area (Å²) in [6.45, 7) is -1.49. The molecule has 6 N–H and O–H groups in total. The predicted octanol–water partition coefficient (Wildman–Crippen LogP) is 1.39. The molecular weight excluding hydrogens is 654 g/mol. The van der Waals surface area contributed by atoms with Crippen LogP contribution in [0.5, 0.6) is 0 Å². The zero-order valence-electron chi connectivity index (χ0n) is 21.7. The van der Waals surface area contributed by atoms with Crippen molar-refractivity contribution in [2.45, 2.75) is 36.6 Å². The smallest absolute Gasteiger partial charge is 0.477 e. The molecule has 14 nitrogen and oxygen atoms in total. The molecule has 2 fully saturated rings. The lowest BCUT2D eigenvalue weighted by atomic mass is 9.98. The number of β-lactam (4-membered cyclic amide) rings is 1. The third-order valence-electron chi connectivity index (χ3n) is 5.96. The Balaban J connectivity index is 0.000000676. The summed E-state index contributed by atoms with van der Waals surface area (Å²) in [5, 5.41) is 32.2. The van der Waals surface area contributed by atoms with Crippen molar-refractivity contribution in [1.29, 1.82) is 0 Å². The maximum Gasteiger partial charge on any atom is 0.490 e. The van der Waals surface area contributed by atoms with E-state index in [2.05, 4.69) is 15.5 Å². The predicted molar refractivity (Wildman–Crippen MR) is 138 cm³/mol. The van der Waals surface area contributed by atoms with E-state index in [1.54, 1.807) is 0 Å². The first kappa shape index (κ1) is 34.2. The number of alkyl halides is 6. The Labute approximate surface area is 249 Å². The molecular formula is C22H20F6N6O8S2. The molecule has 22 heteroatoms. The number of thioether (sulfide) groups is 1. The summed E-state index contributed by atoms with van der Waals surface area (Å²) in [6, 6.07) is -1.15. The number of nitrogens with one attached hydrogen (secondary N) is 1. The van der Waals surface area contributed by atoms with Gasteiger partial charge in [0.25, 0.3) is 11.8 Å². The Morgan fingerprint density at radius 1 is 1.18 bits per heavy atom. The average molecular weight is 675 g/mol. The summed E-state index contributed by atoms with van der Waals surface area (Å²) in [6.07, 6.45) is -7.99. The summed E-state index contributed by atoms with van der Waals surface area (Å²) in [4.78, 5) is 64.4. The van der Waals surface area contributed by atoms with Gasteiger partial charge in [-0.25, -0.2) is 14.6 Å². The number of allylic oxidation sites excluding steroid dienone is 1. The highest BCUT2D eigenvalue weighted by Crippen LogP contribution is 2.41. The number of carbonyl (C=O) groups excluding carboxylic acids is 3. The van der Waals surface area contributed by atoms with E-state index in [4.69, 9.17) is 15.6 Å².